The highest BCUT2D eigenvalue weighted by Crippen LogP contribution is 2.16. The maximum absolute atomic E-state index is 11.5. The van der Waals surface area contributed by atoms with Gasteiger partial charge in [-0.05, 0) is 24.5 Å². The molecule has 1 atom stereocenters. The second-order valence-corrected chi connectivity index (χ2v) is 4.02. The van der Waals surface area contributed by atoms with Crippen molar-refractivity contribution in [1.82, 2.24) is 0 Å². The normalized spacial score (nSPS) is 11.9. The zero-order valence-corrected chi connectivity index (χ0v) is 10.8. The third-order valence-corrected chi connectivity index (χ3v) is 2.96. The van der Waals surface area contributed by atoms with Gasteiger partial charge in [0.15, 0.2) is 0 Å². The van der Waals surface area contributed by atoms with Crippen molar-refractivity contribution in [2.24, 2.45) is 5.92 Å². The molecule has 17 heavy (non-hydrogen) atoms. The molecule has 1 rings (SSSR count). The van der Waals surface area contributed by atoms with E-state index < -0.39 is 0 Å². The highest BCUT2D eigenvalue weighted by Gasteiger charge is 2.16. The van der Waals surface area contributed by atoms with E-state index in [0.717, 1.165) is 18.5 Å². The number of hydrogen-bond acceptors (Lipinski definition) is 3. The van der Waals surface area contributed by atoms with E-state index in [9.17, 15) is 4.79 Å². The quantitative estimate of drug-likeness (QED) is 0.770. The average Bonchev–Trinajstić information content (AvgIpc) is 2.39. The summed E-state index contributed by atoms with van der Waals surface area (Å²) in [4.78, 5) is 11.5. The summed E-state index contributed by atoms with van der Waals surface area (Å²) in [5.41, 5.74) is 2.38. The standard InChI is InChI=1S/C14H21NO2/c1-4-11-8-6-7-9-13(11)15-10-12(5-2)14(16)17-3/h6-9,12,15H,4-5,10H2,1-3H3. The summed E-state index contributed by atoms with van der Waals surface area (Å²) in [6, 6.07) is 8.17. The minimum Gasteiger partial charge on any atom is -0.469 e. The number of carbonyl (C=O) groups excluding carboxylic acids is 1. The van der Waals surface area contributed by atoms with Crippen LogP contribution in [0, 0.1) is 5.92 Å². The molecule has 0 aromatic heterocycles. The number of benzene rings is 1. The van der Waals surface area contributed by atoms with Gasteiger partial charge in [-0.1, -0.05) is 32.0 Å². The highest BCUT2D eigenvalue weighted by atomic mass is 16.5. The van der Waals surface area contributed by atoms with Crippen molar-refractivity contribution in [2.45, 2.75) is 26.7 Å². The Morgan fingerprint density at radius 3 is 2.65 bits per heavy atom. The van der Waals surface area contributed by atoms with Crippen LogP contribution in [0.4, 0.5) is 5.69 Å². The Kier molecular flexibility index (Phi) is 5.53. The van der Waals surface area contributed by atoms with E-state index in [1.165, 1.54) is 12.7 Å². The summed E-state index contributed by atoms with van der Waals surface area (Å²) in [5, 5.41) is 3.33. The van der Waals surface area contributed by atoms with Gasteiger partial charge in [0.1, 0.15) is 0 Å². The van der Waals surface area contributed by atoms with Gasteiger partial charge in [-0.25, -0.2) is 0 Å². The number of para-hydroxylation sites is 1. The summed E-state index contributed by atoms with van der Waals surface area (Å²) < 4.78 is 4.77. The highest BCUT2D eigenvalue weighted by molar-refractivity contribution is 5.73. The molecule has 0 saturated carbocycles. The maximum Gasteiger partial charge on any atom is 0.310 e. The summed E-state index contributed by atoms with van der Waals surface area (Å²) >= 11 is 0. The summed E-state index contributed by atoms with van der Waals surface area (Å²) in [6.45, 7) is 4.74. The molecule has 94 valence electrons. The predicted molar refractivity (Wildman–Crippen MR) is 70.1 cm³/mol. The topological polar surface area (TPSA) is 38.3 Å². The summed E-state index contributed by atoms with van der Waals surface area (Å²) in [6.07, 6.45) is 1.77. The monoisotopic (exact) mass is 235 g/mol. The Hall–Kier alpha value is -1.51. The molecule has 0 spiro atoms. The number of anilines is 1. The molecule has 3 heteroatoms. The Balaban J connectivity index is 2.62. The van der Waals surface area contributed by atoms with Crippen LogP contribution >= 0.6 is 0 Å². The molecule has 0 aliphatic rings. The van der Waals surface area contributed by atoms with E-state index >= 15 is 0 Å². The molecular formula is C14H21NO2. The Morgan fingerprint density at radius 1 is 1.35 bits per heavy atom. The van der Waals surface area contributed by atoms with Crippen molar-refractivity contribution in [3.63, 3.8) is 0 Å². The first-order valence-corrected chi connectivity index (χ1v) is 6.12. The fourth-order valence-electron chi connectivity index (χ4n) is 1.80. The van der Waals surface area contributed by atoms with Crippen molar-refractivity contribution in [2.75, 3.05) is 19.0 Å². The molecule has 0 aliphatic heterocycles. The van der Waals surface area contributed by atoms with Gasteiger partial charge in [-0.3, -0.25) is 4.79 Å². The second kappa shape index (κ2) is 6.94. The van der Waals surface area contributed by atoms with Gasteiger partial charge in [-0.2, -0.15) is 0 Å². The molecular weight excluding hydrogens is 214 g/mol. The fourth-order valence-corrected chi connectivity index (χ4v) is 1.80. The summed E-state index contributed by atoms with van der Waals surface area (Å²) in [5.74, 6) is -0.223. The van der Waals surface area contributed by atoms with E-state index in [4.69, 9.17) is 4.74 Å². The third-order valence-electron chi connectivity index (χ3n) is 2.96. The van der Waals surface area contributed by atoms with Crippen LogP contribution in [-0.4, -0.2) is 19.6 Å². The van der Waals surface area contributed by atoms with Crippen molar-refractivity contribution in [1.29, 1.82) is 0 Å². The van der Waals surface area contributed by atoms with E-state index in [-0.39, 0.29) is 11.9 Å². The van der Waals surface area contributed by atoms with Gasteiger partial charge in [0.2, 0.25) is 0 Å². The lowest BCUT2D eigenvalue weighted by molar-refractivity contribution is -0.145. The van der Waals surface area contributed by atoms with Crippen LogP contribution in [0.15, 0.2) is 24.3 Å². The average molecular weight is 235 g/mol. The lowest BCUT2D eigenvalue weighted by Crippen LogP contribution is -2.24. The number of ether oxygens (including phenoxy) is 1. The van der Waals surface area contributed by atoms with Gasteiger partial charge in [0.25, 0.3) is 0 Å². The molecule has 0 bridgehead atoms. The van der Waals surface area contributed by atoms with Gasteiger partial charge < -0.3 is 10.1 Å². The van der Waals surface area contributed by atoms with Crippen LogP contribution in [0.5, 0.6) is 0 Å². The fraction of sp³-hybridized carbons (Fsp3) is 0.500. The van der Waals surface area contributed by atoms with E-state index in [1.807, 2.05) is 25.1 Å². The zero-order valence-electron chi connectivity index (χ0n) is 10.8. The van der Waals surface area contributed by atoms with Crippen molar-refractivity contribution in [3.8, 4) is 0 Å². The first kappa shape index (κ1) is 13.6. The smallest absolute Gasteiger partial charge is 0.310 e. The Bertz CT molecular complexity index is 363. The molecule has 1 N–H and O–H groups in total. The molecule has 0 radical (unpaired) electrons. The maximum atomic E-state index is 11.5. The van der Waals surface area contributed by atoms with Crippen LogP contribution in [-0.2, 0) is 16.0 Å². The predicted octanol–water partition coefficient (Wildman–Crippen LogP) is 2.86. The third kappa shape index (κ3) is 3.77. The lowest BCUT2D eigenvalue weighted by atomic mass is 10.1. The molecule has 0 fully saturated rings. The minimum absolute atomic E-state index is 0.0788. The molecule has 0 saturated heterocycles. The number of aryl methyl sites for hydroxylation is 1. The number of nitrogens with one attached hydrogen (secondary N) is 1. The van der Waals surface area contributed by atoms with Gasteiger partial charge in [0, 0.05) is 12.2 Å². The Labute approximate surface area is 103 Å². The largest absolute Gasteiger partial charge is 0.469 e. The molecule has 0 heterocycles. The Morgan fingerprint density at radius 2 is 2.06 bits per heavy atom. The van der Waals surface area contributed by atoms with Crippen molar-refractivity contribution >= 4 is 11.7 Å². The van der Waals surface area contributed by atoms with E-state index in [0.29, 0.717) is 6.54 Å². The van der Waals surface area contributed by atoms with Crippen LogP contribution in [0.2, 0.25) is 0 Å². The minimum atomic E-state index is -0.144. The van der Waals surface area contributed by atoms with Gasteiger partial charge in [-0.15, -0.1) is 0 Å². The van der Waals surface area contributed by atoms with E-state index in [1.54, 1.807) is 0 Å². The van der Waals surface area contributed by atoms with Crippen LogP contribution in [0.1, 0.15) is 25.8 Å². The first-order valence-electron chi connectivity index (χ1n) is 6.12. The van der Waals surface area contributed by atoms with Crippen LogP contribution < -0.4 is 5.32 Å². The molecule has 1 aromatic carbocycles. The lowest BCUT2D eigenvalue weighted by Gasteiger charge is -2.16. The van der Waals surface area contributed by atoms with E-state index in [2.05, 4.69) is 18.3 Å². The number of esters is 1. The summed E-state index contributed by atoms with van der Waals surface area (Å²) in [7, 11) is 1.44. The molecule has 1 aromatic rings. The molecule has 3 nitrogen and oxygen atoms in total. The van der Waals surface area contributed by atoms with Crippen LogP contribution in [0.3, 0.4) is 0 Å². The second-order valence-electron chi connectivity index (χ2n) is 4.02. The van der Waals surface area contributed by atoms with Crippen LogP contribution in [0.25, 0.3) is 0 Å². The van der Waals surface area contributed by atoms with Crippen molar-refractivity contribution < 1.29 is 9.53 Å². The first-order chi connectivity index (χ1) is 8.22. The number of rotatable bonds is 6. The number of hydrogen-bond donors (Lipinski definition) is 1. The van der Waals surface area contributed by atoms with Gasteiger partial charge >= 0.3 is 5.97 Å². The number of methoxy groups -OCH3 is 1. The SMILES string of the molecule is CCc1ccccc1NCC(CC)C(=O)OC. The number of carbonyl (C=O) groups is 1. The van der Waals surface area contributed by atoms with Crippen molar-refractivity contribution in [3.05, 3.63) is 29.8 Å². The molecule has 0 amide bonds. The zero-order chi connectivity index (χ0) is 12.7. The van der Waals surface area contributed by atoms with Gasteiger partial charge in [0.05, 0.1) is 13.0 Å². The molecule has 0 aliphatic carbocycles. The molecule has 1 unspecified atom stereocenters.